The minimum atomic E-state index is -0.472. The van der Waals surface area contributed by atoms with Gasteiger partial charge in [0, 0.05) is 16.4 Å². The molecule has 0 unspecified atom stereocenters. The van der Waals surface area contributed by atoms with Gasteiger partial charge in [-0.15, -0.1) is 0 Å². The van der Waals surface area contributed by atoms with Crippen LogP contribution in [-0.4, -0.2) is 45.7 Å². The second-order valence-corrected chi connectivity index (χ2v) is 10.6. The van der Waals surface area contributed by atoms with Crippen LogP contribution in [0.5, 0.6) is 5.75 Å². The van der Waals surface area contributed by atoms with E-state index in [-0.39, 0.29) is 12.0 Å². The number of aliphatic hydroxyl groups excluding tert-OH is 2. The van der Waals surface area contributed by atoms with E-state index in [1.54, 1.807) is 0 Å². The van der Waals surface area contributed by atoms with E-state index in [1.807, 2.05) is 12.1 Å². The Morgan fingerprint density at radius 2 is 2.07 bits per heavy atom. The Hall–Kier alpha value is -0.370. The van der Waals surface area contributed by atoms with Gasteiger partial charge in [0.05, 0.1) is 19.3 Å². The van der Waals surface area contributed by atoms with Gasteiger partial charge in [-0.2, -0.15) is 0 Å². The number of aromatic hydroxyl groups is 1. The molecule has 4 rings (SSSR count). The monoisotopic (exact) mass is 500 g/mol. The number of ether oxygens (including phenoxy) is 1. The number of halogens is 1. The maximum atomic E-state index is 11.4. The number of alkyl halides is 1. The zero-order valence-electron chi connectivity index (χ0n) is 16.7. The van der Waals surface area contributed by atoms with Gasteiger partial charge < -0.3 is 20.1 Å². The van der Waals surface area contributed by atoms with Gasteiger partial charge in [-0.05, 0) is 85.0 Å². The molecule has 5 heteroatoms. The number of aliphatic hydroxyl groups is 2. The summed E-state index contributed by atoms with van der Waals surface area (Å²) in [6, 6.07) is 5.87. The Morgan fingerprint density at radius 1 is 1.25 bits per heavy atom. The molecule has 0 aliphatic heterocycles. The molecule has 0 heterocycles. The van der Waals surface area contributed by atoms with E-state index in [0.717, 1.165) is 49.6 Å². The van der Waals surface area contributed by atoms with Crippen LogP contribution >= 0.6 is 22.6 Å². The second kappa shape index (κ2) is 8.05. The van der Waals surface area contributed by atoms with Crippen LogP contribution in [0.3, 0.4) is 0 Å². The largest absolute Gasteiger partial charge is 0.508 e. The predicted octanol–water partition coefficient (Wildman–Crippen LogP) is 4.04. The average molecular weight is 500 g/mol. The van der Waals surface area contributed by atoms with Crippen LogP contribution in [0.1, 0.15) is 56.1 Å². The van der Waals surface area contributed by atoms with E-state index in [9.17, 15) is 15.3 Å². The maximum Gasteiger partial charge on any atom is 0.115 e. The Bertz CT molecular complexity index is 710. The van der Waals surface area contributed by atoms with Gasteiger partial charge in [0.1, 0.15) is 5.75 Å². The fourth-order valence-electron chi connectivity index (χ4n) is 6.79. The van der Waals surface area contributed by atoms with Crippen molar-refractivity contribution in [1.82, 2.24) is 0 Å². The second-order valence-electron chi connectivity index (χ2n) is 9.52. The van der Waals surface area contributed by atoms with Crippen molar-refractivity contribution in [2.75, 3.05) is 24.2 Å². The van der Waals surface area contributed by atoms with Crippen molar-refractivity contribution in [3.8, 4) is 5.75 Å². The molecule has 28 heavy (non-hydrogen) atoms. The summed E-state index contributed by atoms with van der Waals surface area (Å²) in [7, 11) is 0. The first-order valence-electron chi connectivity index (χ1n) is 10.7. The number of fused-ring (bicyclic) bond motifs is 5. The summed E-state index contributed by atoms with van der Waals surface area (Å²) in [5.74, 6) is 1.85. The number of aryl methyl sites for hydroxylation is 1. The van der Waals surface area contributed by atoms with Crippen molar-refractivity contribution < 1.29 is 20.1 Å². The molecule has 2 fully saturated rings. The topological polar surface area (TPSA) is 69.9 Å². The molecule has 3 aliphatic rings. The third-order valence-corrected chi connectivity index (χ3v) is 8.70. The number of hydrogen-bond acceptors (Lipinski definition) is 4. The Labute approximate surface area is 181 Å². The predicted molar refractivity (Wildman–Crippen MR) is 118 cm³/mol. The summed E-state index contributed by atoms with van der Waals surface area (Å²) in [6.45, 7) is 3.64. The van der Waals surface area contributed by atoms with Crippen LogP contribution in [0.2, 0.25) is 0 Å². The molecular formula is C23H33IO4. The number of hydrogen-bond donors (Lipinski definition) is 3. The Morgan fingerprint density at radius 3 is 2.82 bits per heavy atom. The molecule has 0 radical (unpaired) electrons. The summed E-state index contributed by atoms with van der Waals surface area (Å²) in [5.41, 5.74) is 2.14. The van der Waals surface area contributed by atoms with E-state index in [0.29, 0.717) is 30.1 Å². The minimum Gasteiger partial charge on any atom is -0.508 e. The van der Waals surface area contributed by atoms with Crippen molar-refractivity contribution in [1.29, 1.82) is 0 Å². The third kappa shape index (κ3) is 3.30. The van der Waals surface area contributed by atoms with Crippen LogP contribution in [0.15, 0.2) is 18.2 Å². The maximum absolute atomic E-state index is 11.4. The molecule has 0 aromatic heterocycles. The zero-order chi connectivity index (χ0) is 19.9. The first kappa shape index (κ1) is 20.9. The number of phenolic OH excluding ortho intramolecular Hbond substituents is 1. The highest BCUT2D eigenvalue weighted by Crippen LogP contribution is 2.66. The van der Waals surface area contributed by atoms with E-state index in [4.69, 9.17) is 4.74 Å². The average Bonchev–Trinajstić information content (AvgIpc) is 2.93. The molecule has 0 saturated heterocycles. The summed E-state index contributed by atoms with van der Waals surface area (Å²) in [5, 5.41) is 31.6. The molecule has 0 spiro atoms. The van der Waals surface area contributed by atoms with Crippen LogP contribution in [-0.2, 0) is 11.2 Å². The zero-order valence-corrected chi connectivity index (χ0v) is 18.9. The van der Waals surface area contributed by atoms with Crippen molar-refractivity contribution in [2.45, 2.75) is 57.5 Å². The van der Waals surface area contributed by atoms with Crippen molar-refractivity contribution in [3.63, 3.8) is 0 Å². The van der Waals surface area contributed by atoms with Gasteiger partial charge in [0.15, 0.2) is 0 Å². The highest BCUT2D eigenvalue weighted by Gasteiger charge is 2.63. The Balaban J connectivity index is 1.59. The van der Waals surface area contributed by atoms with Crippen molar-refractivity contribution in [2.24, 2.45) is 22.7 Å². The van der Waals surface area contributed by atoms with Gasteiger partial charge in [0.2, 0.25) is 0 Å². The van der Waals surface area contributed by atoms with E-state index < -0.39 is 11.5 Å². The van der Waals surface area contributed by atoms with E-state index in [2.05, 4.69) is 35.6 Å². The molecule has 0 bridgehead atoms. The smallest absolute Gasteiger partial charge is 0.115 e. The minimum absolute atomic E-state index is 0.0374. The fourth-order valence-corrected chi connectivity index (χ4v) is 7.10. The normalized spacial score (nSPS) is 39.3. The van der Waals surface area contributed by atoms with E-state index >= 15 is 0 Å². The van der Waals surface area contributed by atoms with E-state index in [1.165, 1.54) is 11.1 Å². The lowest BCUT2D eigenvalue weighted by molar-refractivity contribution is -0.0771. The van der Waals surface area contributed by atoms with Crippen LogP contribution in [0.4, 0.5) is 0 Å². The third-order valence-electron chi connectivity index (χ3n) is 8.26. The molecule has 4 nitrogen and oxygen atoms in total. The van der Waals surface area contributed by atoms with Crippen molar-refractivity contribution >= 4 is 22.6 Å². The molecule has 3 aliphatic carbocycles. The molecule has 1 aromatic rings. The molecule has 3 N–H and O–H groups in total. The lowest BCUT2D eigenvalue weighted by Crippen LogP contribution is -2.46. The summed E-state index contributed by atoms with van der Waals surface area (Å²) < 4.78 is 6.68. The molecule has 2 saturated carbocycles. The summed E-state index contributed by atoms with van der Waals surface area (Å²) in [4.78, 5) is 0. The molecule has 6 atom stereocenters. The first-order valence-corrected chi connectivity index (χ1v) is 12.2. The SMILES string of the molecule is C[C@]12CC[C@@H]3c4ccc(O)cc4CC[C@H]3[C@@H]1C[C@@](CO)(CCOCCI)[C@@H]2O. The summed E-state index contributed by atoms with van der Waals surface area (Å²) in [6.07, 6.45) is 5.34. The summed E-state index contributed by atoms with van der Waals surface area (Å²) >= 11 is 2.30. The lowest BCUT2D eigenvalue weighted by Gasteiger charge is -2.50. The number of benzene rings is 1. The molecule has 1 aromatic carbocycles. The van der Waals surface area contributed by atoms with Gasteiger partial charge in [-0.3, -0.25) is 0 Å². The number of phenols is 1. The fraction of sp³-hybridized carbons (Fsp3) is 0.739. The molecular weight excluding hydrogens is 467 g/mol. The van der Waals surface area contributed by atoms with Gasteiger partial charge >= 0.3 is 0 Å². The van der Waals surface area contributed by atoms with Crippen LogP contribution < -0.4 is 0 Å². The molecule has 156 valence electrons. The van der Waals surface area contributed by atoms with Gasteiger partial charge in [-0.1, -0.05) is 35.6 Å². The number of rotatable bonds is 6. The lowest BCUT2D eigenvalue weighted by atomic mass is 9.55. The van der Waals surface area contributed by atoms with Crippen LogP contribution in [0.25, 0.3) is 0 Å². The van der Waals surface area contributed by atoms with Crippen molar-refractivity contribution in [3.05, 3.63) is 29.3 Å². The van der Waals surface area contributed by atoms with Gasteiger partial charge in [-0.25, -0.2) is 0 Å². The molecule has 0 amide bonds. The first-order chi connectivity index (χ1) is 13.4. The van der Waals surface area contributed by atoms with Gasteiger partial charge in [0.25, 0.3) is 0 Å². The Kier molecular flexibility index (Phi) is 6.00. The highest BCUT2D eigenvalue weighted by atomic mass is 127. The van der Waals surface area contributed by atoms with Crippen LogP contribution in [0, 0.1) is 22.7 Å². The quantitative estimate of drug-likeness (QED) is 0.313. The highest BCUT2D eigenvalue weighted by molar-refractivity contribution is 14.1. The standard InChI is InChI=1S/C23H33IO4/c1-22-7-6-18-17-5-3-16(26)12-15(17)2-4-19(18)20(22)13-23(14-25,21(22)27)8-10-28-11-9-24/h3,5,12,18-21,25-27H,2,4,6-11,13-14H2,1H3/t18-,19-,20+,21-,22+,23-/m1/s1.